The van der Waals surface area contributed by atoms with Gasteiger partial charge in [-0.3, -0.25) is 0 Å². The highest BCUT2D eigenvalue weighted by molar-refractivity contribution is 6.19. The molecule has 64 valence electrons. The van der Waals surface area contributed by atoms with Crippen LogP contribution in [-0.4, -0.2) is 5.88 Å². The van der Waals surface area contributed by atoms with Gasteiger partial charge >= 0.3 is 0 Å². The molecule has 0 aliphatic heterocycles. The average Bonchev–Trinajstić information content (AvgIpc) is 2.07. The highest BCUT2D eigenvalue weighted by Gasteiger charge is 1.99. The second-order valence-electron chi connectivity index (χ2n) is 2.23. The quantitative estimate of drug-likeness (QED) is 0.626. The number of halogens is 3. The molecule has 0 aliphatic rings. The van der Waals surface area contributed by atoms with Gasteiger partial charge < -0.3 is 0 Å². The Morgan fingerprint density at radius 3 is 2.58 bits per heavy atom. The molecule has 0 nitrogen and oxygen atoms in total. The molecule has 3 heteroatoms. The van der Waals surface area contributed by atoms with Gasteiger partial charge in [0.2, 0.25) is 0 Å². The topological polar surface area (TPSA) is 0 Å². The van der Waals surface area contributed by atoms with E-state index in [2.05, 4.69) is 0 Å². The second kappa shape index (κ2) is 4.21. The lowest BCUT2D eigenvalue weighted by molar-refractivity contribution is 0.508. The first-order valence-electron chi connectivity index (χ1n) is 3.41. The first kappa shape index (κ1) is 9.20. The van der Waals surface area contributed by atoms with Crippen LogP contribution >= 0.6 is 11.6 Å². The van der Waals surface area contributed by atoms with Gasteiger partial charge in [-0.1, -0.05) is 18.2 Å². The predicted octanol–water partition coefficient (Wildman–Crippen LogP) is 3.22. The summed E-state index contributed by atoms with van der Waals surface area (Å²) in [5.41, 5.74) is 0.606. The first-order chi connectivity index (χ1) is 5.74. The van der Waals surface area contributed by atoms with Crippen molar-refractivity contribution in [2.45, 2.75) is 0 Å². The fraction of sp³-hybridized carbons (Fsp3) is 0.111. The minimum absolute atomic E-state index is 0.360. The summed E-state index contributed by atoms with van der Waals surface area (Å²) < 4.78 is 25.0. The Kier molecular flexibility index (Phi) is 3.23. The van der Waals surface area contributed by atoms with E-state index in [1.807, 2.05) is 0 Å². The Bertz CT molecular complexity index is 295. The fourth-order valence-corrected chi connectivity index (χ4v) is 0.886. The molecule has 0 saturated heterocycles. The van der Waals surface area contributed by atoms with Crippen LogP contribution < -0.4 is 0 Å². The molecule has 0 amide bonds. The number of hydrogen-bond donors (Lipinski definition) is 0. The molecule has 0 bridgehead atoms. The average molecular weight is 189 g/mol. The van der Waals surface area contributed by atoms with Crippen LogP contribution in [0.5, 0.6) is 0 Å². The van der Waals surface area contributed by atoms with Gasteiger partial charge in [0.1, 0.15) is 0 Å². The number of hydrogen-bond acceptors (Lipinski definition) is 0. The van der Waals surface area contributed by atoms with Crippen LogP contribution in [0.4, 0.5) is 8.78 Å². The standard InChI is InChI=1S/C9H7ClF2/c10-5-1-2-7-3-4-8(11)9(12)6-7/h1-4,6H,5H2/b2-1+. The molecule has 0 unspecified atom stereocenters. The molecule has 0 spiro atoms. The third-order valence-corrected chi connectivity index (χ3v) is 1.52. The molecular formula is C9H7ClF2. The van der Waals surface area contributed by atoms with E-state index < -0.39 is 11.6 Å². The summed E-state index contributed by atoms with van der Waals surface area (Å²) in [7, 11) is 0. The van der Waals surface area contributed by atoms with Crippen molar-refractivity contribution in [3.8, 4) is 0 Å². The van der Waals surface area contributed by atoms with Gasteiger partial charge in [0.15, 0.2) is 11.6 Å². The minimum atomic E-state index is -0.841. The Morgan fingerprint density at radius 1 is 1.25 bits per heavy atom. The highest BCUT2D eigenvalue weighted by Crippen LogP contribution is 2.09. The molecule has 1 rings (SSSR count). The van der Waals surface area contributed by atoms with Gasteiger partial charge in [0.25, 0.3) is 0 Å². The van der Waals surface area contributed by atoms with Crippen molar-refractivity contribution in [1.29, 1.82) is 0 Å². The Hall–Kier alpha value is -0.890. The lowest BCUT2D eigenvalue weighted by Crippen LogP contribution is -1.83. The number of allylic oxidation sites excluding steroid dienone is 1. The first-order valence-corrected chi connectivity index (χ1v) is 3.95. The summed E-state index contributed by atoms with van der Waals surface area (Å²) >= 11 is 5.37. The van der Waals surface area contributed by atoms with E-state index in [0.29, 0.717) is 11.4 Å². The van der Waals surface area contributed by atoms with Crippen LogP contribution in [0.1, 0.15) is 5.56 Å². The second-order valence-corrected chi connectivity index (χ2v) is 2.54. The highest BCUT2D eigenvalue weighted by atomic mass is 35.5. The van der Waals surface area contributed by atoms with E-state index in [0.717, 1.165) is 12.1 Å². The van der Waals surface area contributed by atoms with Gasteiger partial charge in [-0.25, -0.2) is 8.78 Å². The number of benzene rings is 1. The lowest BCUT2D eigenvalue weighted by atomic mass is 10.2. The zero-order valence-corrected chi connectivity index (χ0v) is 6.98. The molecular weight excluding hydrogens is 182 g/mol. The van der Waals surface area contributed by atoms with Crippen molar-refractivity contribution in [2.24, 2.45) is 0 Å². The van der Waals surface area contributed by atoms with Crippen LogP contribution in [0.2, 0.25) is 0 Å². The number of rotatable bonds is 2. The van der Waals surface area contributed by atoms with E-state index in [9.17, 15) is 8.78 Å². The molecule has 1 aromatic carbocycles. The maximum Gasteiger partial charge on any atom is 0.159 e. The summed E-state index contributed by atoms with van der Waals surface area (Å²) in [6.45, 7) is 0. The van der Waals surface area contributed by atoms with E-state index in [4.69, 9.17) is 11.6 Å². The van der Waals surface area contributed by atoms with Crippen LogP contribution in [0.3, 0.4) is 0 Å². The maximum absolute atomic E-state index is 12.6. The van der Waals surface area contributed by atoms with Crippen molar-refractivity contribution < 1.29 is 8.78 Å². The van der Waals surface area contributed by atoms with Gasteiger partial charge in [-0.15, -0.1) is 11.6 Å². The van der Waals surface area contributed by atoms with Crippen molar-refractivity contribution in [1.82, 2.24) is 0 Å². The zero-order chi connectivity index (χ0) is 8.97. The van der Waals surface area contributed by atoms with Gasteiger partial charge in [-0.2, -0.15) is 0 Å². The van der Waals surface area contributed by atoms with Crippen molar-refractivity contribution in [3.63, 3.8) is 0 Å². The van der Waals surface area contributed by atoms with Crippen LogP contribution in [0.15, 0.2) is 24.3 Å². The largest absolute Gasteiger partial charge is 0.204 e. The van der Waals surface area contributed by atoms with Gasteiger partial charge in [-0.05, 0) is 17.7 Å². The fourth-order valence-electron chi connectivity index (χ4n) is 0.797. The monoisotopic (exact) mass is 188 g/mol. The molecule has 0 N–H and O–H groups in total. The predicted molar refractivity (Wildman–Crippen MR) is 46.1 cm³/mol. The smallest absolute Gasteiger partial charge is 0.159 e. The normalized spacial score (nSPS) is 10.9. The Balaban J connectivity index is 2.89. The van der Waals surface area contributed by atoms with Crippen molar-refractivity contribution in [2.75, 3.05) is 5.88 Å². The lowest BCUT2D eigenvalue weighted by Gasteiger charge is -1.94. The molecule has 0 heterocycles. The zero-order valence-electron chi connectivity index (χ0n) is 6.23. The molecule has 0 saturated carbocycles. The maximum atomic E-state index is 12.6. The third kappa shape index (κ3) is 2.31. The van der Waals surface area contributed by atoms with E-state index >= 15 is 0 Å². The molecule has 0 atom stereocenters. The van der Waals surface area contributed by atoms with E-state index in [1.54, 1.807) is 12.2 Å². The Morgan fingerprint density at radius 2 is 2.00 bits per heavy atom. The van der Waals surface area contributed by atoms with E-state index in [-0.39, 0.29) is 0 Å². The summed E-state index contributed by atoms with van der Waals surface area (Å²) in [5.74, 6) is -1.32. The molecule has 0 aliphatic carbocycles. The molecule has 0 fully saturated rings. The van der Waals surface area contributed by atoms with Crippen molar-refractivity contribution in [3.05, 3.63) is 41.5 Å². The SMILES string of the molecule is Fc1ccc(/C=C/CCl)cc1F. The van der Waals surface area contributed by atoms with Crippen LogP contribution in [-0.2, 0) is 0 Å². The van der Waals surface area contributed by atoms with E-state index in [1.165, 1.54) is 6.07 Å². The van der Waals surface area contributed by atoms with Gasteiger partial charge in [0, 0.05) is 5.88 Å². The summed E-state index contributed by atoms with van der Waals surface area (Å²) in [4.78, 5) is 0. The minimum Gasteiger partial charge on any atom is -0.204 e. The van der Waals surface area contributed by atoms with Crippen molar-refractivity contribution >= 4 is 17.7 Å². The summed E-state index contributed by atoms with van der Waals surface area (Å²) in [5, 5.41) is 0. The molecule has 12 heavy (non-hydrogen) atoms. The molecule has 1 aromatic rings. The molecule has 0 radical (unpaired) electrons. The summed E-state index contributed by atoms with van der Waals surface area (Å²) in [6, 6.07) is 3.70. The Labute approximate surface area is 74.5 Å². The third-order valence-electron chi connectivity index (χ3n) is 1.34. The summed E-state index contributed by atoms with van der Waals surface area (Å²) in [6.07, 6.45) is 3.30. The van der Waals surface area contributed by atoms with Gasteiger partial charge in [0.05, 0.1) is 0 Å². The molecule has 0 aromatic heterocycles. The van der Waals surface area contributed by atoms with Crippen LogP contribution in [0, 0.1) is 11.6 Å². The number of alkyl halides is 1. The van der Waals surface area contributed by atoms with Crippen LogP contribution in [0.25, 0.3) is 6.08 Å².